The number of halogens is 1. The molecule has 160 valence electrons. The third kappa shape index (κ3) is 4.58. The molecule has 7 nitrogen and oxygen atoms in total. The lowest BCUT2D eigenvalue weighted by Gasteiger charge is -2.40. The number of ether oxygens (including phenoxy) is 2. The van der Waals surface area contributed by atoms with Crippen molar-refractivity contribution >= 4 is 11.7 Å². The average molecular weight is 422 g/mol. The molecule has 0 radical (unpaired) electrons. The van der Waals surface area contributed by atoms with Crippen LogP contribution in [0.2, 0.25) is 0 Å². The van der Waals surface area contributed by atoms with Crippen LogP contribution in [0.3, 0.4) is 0 Å². The van der Waals surface area contributed by atoms with Crippen molar-refractivity contribution in [1.29, 1.82) is 0 Å². The molecule has 0 saturated carbocycles. The van der Waals surface area contributed by atoms with Crippen molar-refractivity contribution in [3.63, 3.8) is 0 Å². The predicted molar refractivity (Wildman–Crippen MR) is 114 cm³/mol. The van der Waals surface area contributed by atoms with Crippen LogP contribution in [0.25, 0.3) is 0 Å². The van der Waals surface area contributed by atoms with Gasteiger partial charge in [-0.1, -0.05) is 18.2 Å². The quantitative estimate of drug-likeness (QED) is 0.624. The number of amides is 1. The van der Waals surface area contributed by atoms with Crippen LogP contribution >= 0.6 is 0 Å². The maximum absolute atomic E-state index is 13.9. The van der Waals surface area contributed by atoms with Gasteiger partial charge in [0.2, 0.25) is 5.88 Å². The largest absolute Gasteiger partial charge is 0.497 e. The first-order valence-corrected chi connectivity index (χ1v) is 9.99. The number of aromatic nitrogens is 2. The van der Waals surface area contributed by atoms with Crippen LogP contribution in [-0.4, -0.2) is 53.6 Å². The van der Waals surface area contributed by atoms with Crippen molar-refractivity contribution in [2.75, 3.05) is 31.6 Å². The molecule has 3 aromatic rings. The summed E-state index contributed by atoms with van der Waals surface area (Å²) in [6, 6.07) is 15.0. The van der Waals surface area contributed by atoms with Gasteiger partial charge in [0.1, 0.15) is 17.9 Å². The molecular weight excluding hydrogens is 399 g/mol. The fourth-order valence-corrected chi connectivity index (χ4v) is 3.59. The first-order chi connectivity index (χ1) is 15.0. The highest BCUT2D eigenvalue weighted by Crippen LogP contribution is 2.26. The lowest BCUT2D eigenvalue weighted by molar-refractivity contribution is 0.0673. The Bertz CT molecular complexity index is 1080. The molecule has 0 N–H and O–H groups in total. The lowest BCUT2D eigenvalue weighted by Crippen LogP contribution is -2.54. The van der Waals surface area contributed by atoms with E-state index in [1.807, 2.05) is 24.0 Å². The molecule has 8 heteroatoms. The van der Waals surface area contributed by atoms with Crippen LogP contribution in [0.4, 0.5) is 10.2 Å². The van der Waals surface area contributed by atoms with Gasteiger partial charge < -0.3 is 19.3 Å². The Balaban J connectivity index is 1.45. The molecule has 1 saturated heterocycles. The van der Waals surface area contributed by atoms with Crippen LogP contribution in [0.15, 0.2) is 60.9 Å². The Morgan fingerprint density at radius 2 is 1.94 bits per heavy atom. The van der Waals surface area contributed by atoms with E-state index in [4.69, 9.17) is 9.47 Å². The van der Waals surface area contributed by atoms with Gasteiger partial charge in [-0.3, -0.25) is 4.79 Å². The molecule has 1 aliphatic rings. The summed E-state index contributed by atoms with van der Waals surface area (Å²) in [5, 5.41) is 0. The number of nitrogens with zero attached hydrogens (tertiary/aromatic N) is 4. The van der Waals surface area contributed by atoms with E-state index >= 15 is 0 Å². The van der Waals surface area contributed by atoms with Gasteiger partial charge >= 0.3 is 0 Å². The Kier molecular flexibility index (Phi) is 5.97. The smallest absolute Gasteiger partial charge is 0.254 e. The van der Waals surface area contributed by atoms with Crippen molar-refractivity contribution in [3.8, 4) is 17.4 Å². The minimum Gasteiger partial charge on any atom is -0.497 e. The summed E-state index contributed by atoms with van der Waals surface area (Å²) in [4.78, 5) is 25.3. The van der Waals surface area contributed by atoms with Crippen molar-refractivity contribution < 1.29 is 18.7 Å². The maximum Gasteiger partial charge on any atom is 0.254 e. The molecule has 2 heterocycles. The summed E-state index contributed by atoms with van der Waals surface area (Å²) in [5.41, 5.74) is 0.599. The maximum atomic E-state index is 13.9. The van der Waals surface area contributed by atoms with Crippen LogP contribution in [0.5, 0.6) is 17.4 Å². The van der Waals surface area contributed by atoms with Gasteiger partial charge in [0, 0.05) is 37.3 Å². The third-order valence-electron chi connectivity index (χ3n) is 5.21. The zero-order chi connectivity index (χ0) is 21.8. The van der Waals surface area contributed by atoms with Crippen LogP contribution in [0, 0.1) is 5.82 Å². The van der Waals surface area contributed by atoms with E-state index in [0.29, 0.717) is 36.8 Å². The number of carbonyl (C=O) groups is 1. The monoisotopic (exact) mass is 422 g/mol. The van der Waals surface area contributed by atoms with Gasteiger partial charge in [-0.15, -0.1) is 0 Å². The number of methoxy groups -OCH3 is 1. The van der Waals surface area contributed by atoms with Gasteiger partial charge in [0.25, 0.3) is 5.91 Å². The summed E-state index contributed by atoms with van der Waals surface area (Å²) in [7, 11) is 1.58. The fraction of sp³-hybridized carbons (Fsp3) is 0.261. The van der Waals surface area contributed by atoms with Gasteiger partial charge in [-0.05, 0) is 37.3 Å². The highest BCUT2D eigenvalue weighted by molar-refractivity contribution is 5.95. The Morgan fingerprint density at radius 1 is 1.10 bits per heavy atom. The van der Waals surface area contributed by atoms with Crippen molar-refractivity contribution in [2.45, 2.75) is 13.0 Å². The summed E-state index contributed by atoms with van der Waals surface area (Å²) in [6.45, 7) is 3.76. The number of piperazine rings is 1. The average Bonchev–Trinajstić information content (AvgIpc) is 2.80. The summed E-state index contributed by atoms with van der Waals surface area (Å²) in [5.74, 6) is 1.20. The van der Waals surface area contributed by atoms with Crippen molar-refractivity contribution in [2.24, 2.45) is 0 Å². The number of hydrogen-bond acceptors (Lipinski definition) is 6. The number of para-hydroxylation sites is 1. The van der Waals surface area contributed by atoms with Crippen molar-refractivity contribution in [3.05, 3.63) is 72.3 Å². The van der Waals surface area contributed by atoms with E-state index in [-0.39, 0.29) is 23.6 Å². The van der Waals surface area contributed by atoms with Crippen LogP contribution in [0.1, 0.15) is 17.3 Å². The van der Waals surface area contributed by atoms with Gasteiger partial charge in [-0.2, -0.15) is 0 Å². The second kappa shape index (κ2) is 8.99. The zero-order valence-corrected chi connectivity index (χ0v) is 17.4. The molecule has 0 aliphatic carbocycles. The molecule has 4 rings (SSSR count). The number of benzene rings is 2. The number of carbonyl (C=O) groups excluding carboxylic acids is 1. The molecule has 2 aromatic carbocycles. The summed E-state index contributed by atoms with van der Waals surface area (Å²) < 4.78 is 24.7. The Hall–Kier alpha value is -3.68. The highest BCUT2D eigenvalue weighted by Gasteiger charge is 2.29. The first-order valence-electron chi connectivity index (χ1n) is 9.99. The topological polar surface area (TPSA) is 67.8 Å². The molecule has 0 bridgehead atoms. The fourth-order valence-electron chi connectivity index (χ4n) is 3.59. The van der Waals surface area contributed by atoms with E-state index in [1.165, 1.54) is 12.4 Å². The minimum atomic E-state index is -0.457. The first kappa shape index (κ1) is 20.6. The minimum absolute atomic E-state index is 0.0293. The number of anilines is 1. The van der Waals surface area contributed by atoms with Gasteiger partial charge in [0.05, 0.1) is 7.11 Å². The molecule has 1 unspecified atom stereocenters. The Labute approximate surface area is 180 Å². The molecular formula is C23H23FN4O3. The van der Waals surface area contributed by atoms with Crippen LogP contribution < -0.4 is 14.4 Å². The SMILES string of the molecule is COc1cccc(C(=O)N2CCN(c3cc(Oc4ccccc4F)ncn3)CC2C)c1. The van der Waals surface area contributed by atoms with Crippen LogP contribution in [-0.2, 0) is 0 Å². The highest BCUT2D eigenvalue weighted by atomic mass is 19.1. The molecule has 0 spiro atoms. The molecule has 1 atom stereocenters. The predicted octanol–water partition coefficient (Wildman–Crippen LogP) is 3.77. The second-order valence-corrected chi connectivity index (χ2v) is 7.27. The molecule has 31 heavy (non-hydrogen) atoms. The van der Waals surface area contributed by atoms with Gasteiger partial charge in [0.15, 0.2) is 11.6 Å². The lowest BCUT2D eigenvalue weighted by atomic mass is 10.1. The van der Waals surface area contributed by atoms with E-state index in [2.05, 4.69) is 14.9 Å². The summed E-state index contributed by atoms with van der Waals surface area (Å²) in [6.07, 6.45) is 1.39. The molecule has 1 fully saturated rings. The standard InChI is InChI=1S/C23H23FN4O3/c1-16-14-27(10-11-28(16)23(29)17-6-5-7-18(12-17)30-2)21-13-22(26-15-25-21)31-20-9-4-3-8-19(20)24/h3-9,12-13,15-16H,10-11,14H2,1-2H3. The number of rotatable bonds is 5. The van der Waals surface area contributed by atoms with Gasteiger partial charge in [-0.25, -0.2) is 14.4 Å². The van der Waals surface area contributed by atoms with E-state index in [1.54, 1.807) is 43.5 Å². The van der Waals surface area contributed by atoms with Crippen molar-refractivity contribution in [1.82, 2.24) is 14.9 Å². The van der Waals surface area contributed by atoms with E-state index < -0.39 is 5.82 Å². The number of hydrogen-bond donors (Lipinski definition) is 0. The molecule has 1 aliphatic heterocycles. The third-order valence-corrected chi connectivity index (χ3v) is 5.21. The van der Waals surface area contributed by atoms with E-state index in [0.717, 1.165) is 0 Å². The molecule has 1 aromatic heterocycles. The molecule has 1 amide bonds. The zero-order valence-electron chi connectivity index (χ0n) is 17.4. The normalized spacial score (nSPS) is 16.2. The van der Waals surface area contributed by atoms with E-state index in [9.17, 15) is 9.18 Å². The Morgan fingerprint density at radius 3 is 2.71 bits per heavy atom. The second-order valence-electron chi connectivity index (χ2n) is 7.27. The summed E-state index contributed by atoms with van der Waals surface area (Å²) >= 11 is 0.